The van der Waals surface area contributed by atoms with Gasteiger partial charge in [-0.2, -0.15) is 0 Å². The van der Waals surface area contributed by atoms with Crippen LogP contribution < -0.4 is 16.0 Å². The minimum absolute atomic E-state index is 0.0606. The monoisotopic (exact) mass is 617 g/mol. The summed E-state index contributed by atoms with van der Waals surface area (Å²) < 4.78 is 0. The first-order valence-electron chi connectivity index (χ1n) is 15.0. The molecule has 0 saturated carbocycles. The van der Waals surface area contributed by atoms with Gasteiger partial charge in [0.25, 0.3) is 0 Å². The molecule has 0 aromatic heterocycles. The number of carbonyl (C=O) groups excluding carboxylic acids is 2. The number of aryl methyl sites for hydroxylation is 2. The fraction of sp³-hybridized carbons (Fsp3) is 0.548. The van der Waals surface area contributed by atoms with Crippen molar-refractivity contribution >= 4 is 23.2 Å². The smallest absolute Gasteiger partial charge is 0.232 e. The van der Waals surface area contributed by atoms with Crippen LogP contribution in [-0.4, -0.2) is 118 Å². The summed E-state index contributed by atoms with van der Waals surface area (Å²) in [5, 5.41) is 68.1. The quantitative estimate of drug-likeness (QED) is 0.146. The van der Waals surface area contributed by atoms with Gasteiger partial charge in [0.05, 0.1) is 49.6 Å². The number of benzene rings is 2. The van der Waals surface area contributed by atoms with Crippen molar-refractivity contribution in [1.29, 1.82) is 0 Å². The second-order valence-electron chi connectivity index (χ2n) is 11.4. The van der Waals surface area contributed by atoms with Crippen LogP contribution in [0.25, 0.3) is 0 Å². The average molecular weight is 618 g/mol. The SMILES string of the molecule is Cc1cc(CN2CCCNCCN(Cc3cc(C)cc(NC(=O)C(CO)CO)c3O)CC2)c(O)c(NC(=O)C(CO)CO)c1. The normalized spacial score (nSPS) is 15.5. The van der Waals surface area contributed by atoms with Crippen LogP contribution in [0.4, 0.5) is 11.4 Å². The van der Waals surface area contributed by atoms with E-state index in [1.165, 1.54) is 0 Å². The first-order valence-corrected chi connectivity index (χ1v) is 15.0. The molecule has 1 aliphatic heterocycles. The summed E-state index contributed by atoms with van der Waals surface area (Å²) in [6.45, 7) is 6.87. The van der Waals surface area contributed by atoms with Crippen LogP contribution in [0.5, 0.6) is 11.5 Å². The fourth-order valence-corrected chi connectivity index (χ4v) is 5.15. The van der Waals surface area contributed by atoms with Gasteiger partial charge in [-0.1, -0.05) is 12.1 Å². The molecule has 2 aromatic rings. The summed E-state index contributed by atoms with van der Waals surface area (Å²) in [7, 11) is 0. The number of anilines is 2. The Kier molecular flexibility index (Phi) is 13.8. The Morgan fingerprint density at radius 2 is 1.14 bits per heavy atom. The van der Waals surface area contributed by atoms with E-state index in [-0.39, 0.29) is 22.9 Å². The molecular formula is C31H47N5O8. The van der Waals surface area contributed by atoms with Gasteiger partial charge in [-0.3, -0.25) is 19.4 Å². The molecule has 244 valence electrons. The molecule has 1 aliphatic rings. The summed E-state index contributed by atoms with van der Waals surface area (Å²) in [5.41, 5.74) is 3.39. The van der Waals surface area contributed by atoms with E-state index >= 15 is 0 Å². The zero-order valence-corrected chi connectivity index (χ0v) is 25.6. The number of aliphatic hydroxyl groups excluding tert-OH is 4. The van der Waals surface area contributed by atoms with Gasteiger partial charge in [0.1, 0.15) is 11.5 Å². The minimum Gasteiger partial charge on any atom is -0.505 e. The lowest BCUT2D eigenvalue weighted by Gasteiger charge is -2.30. The molecule has 9 N–H and O–H groups in total. The molecule has 0 aliphatic carbocycles. The molecule has 13 heteroatoms. The second kappa shape index (κ2) is 17.3. The molecule has 0 bridgehead atoms. The Hall–Kier alpha value is -3.30. The molecule has 44 heavy (non-hydrogen) atoms. The Balaban J connectivity index is 1.75. The number of aliphatic hydroxyl groups is 4. The maximum Gasteiger partial charge on any atom is 0.232 e. The summed E-state index contributed by atoms with van der Waals surface area (Å²) in [5.74, 6) is -3.26. The van der Waals surface area contributed by atoms with Crippen molar-refractivity contribution in [3.63, 3.8) is 0 Å². The molecule has 1 fully saturated rings. The van der Waals surface area contributed by atoms with E-state index in [0.29, 0.717) is 43.9 Å². The summed E-state index contributed by atoms with van der Waals surface area (Å²) in [6.07, 6.45) is 0.898. The third-order valence-corrected chi connectivity index (χ3v) is 7.76. The number of amides is 2. The van der Waals surface area contributed by atoms with Crippen LogP contribution in [0.15, 0.2) is 24.3 Å². The van der Waals surface area contributed by atoms with Gasteiger partial charge in [0, 0.05) is 50.4 Å². The van der Waals surface area contributed by atoms with E-state index in [2.05, 4.69) is 25.8 Å². The third kappa shape index (κ3) is 9.86. The van der Waals surface area contributed by atoms with Crippen molar-refractivity contribution in [3.05, 3.63) is 46.5 Å². The summed E-state index contributed by atoms with van der Waals surface area (Å²) in [4.78, 5) is 29.3. The Labute approximate surface area is 258 Å². The van der Waals surface area contributed by atoms with Gasteiger partial charge < -0.3 is 46.6 Å². The Morgan fingerprint density at radius 3 is 1.57 bits per heavy atom. The van der Waals surface area contributed by atoms with E-state index in [4.69, 9.17) is 0 Å². The van der Waals surface area contributed by atoms with Crippen LogP contribution in [-0.2, 0) is 22.7 Å². The van der Waals surface area contributed by atoms with Crippen LogP contribution in [0, 0.1) is 25.7 Å². The number of hydrogen-bond donors (Lipinski definition) is 9. The van der Waals surface area contributed by atoms with Crippen LogP contribution in [0.3, 0.4) is 0 Å². The lowest BCUT2D eigenvalue weighted by atomic mass is 10.1. The number of phenols is 2. The minimum atomic E-state index is -0.990. The molecule has 0 unspecified atom stereocenters. The first-order chi connectivity index (χ1) is 21.1. The summed E-state index contributed by atoms with van der Waals surface area (Å²) in [6, 6.07) is 7.03. The standard InChI is InChI=1S/C31H47N5O8/c1-20-10-22(28(41)26(12-20)33-30(43)24(16-37)17-38)14-35-6-3-4-32-5-7-36(9-8-35)15-23-11-21(2)13-27(29(23)42)34-31(44)25(18-39)19-40/h10-13,24-25,32,37-42H,3-9,14-19H2,1-2H3,(H,33,43)(H,34,44). The Morgan fingerprint density at radius 1 is 0.705 bits per heavy atom. The lowest BCUT2D eigenvalue weighted by Crippen LogP contribution is -2.41. The summed E-state index contributed by atoms with van der Waals surface area (Å²) >= 11 is 0. The van der Waals surface area contributed by atoms with E-state index in [9.17, 15) is 40.2 Å². The largest absolute Gasteiger partial charge is 0.505 e. The Bertz CT molecular complexity index is 1160. The molecule has 3 rings (SSSR count). The van der Waals surface area contributed by atoms with Crippen molar-refractivity contribution in [3.8, 4) is 11.5 Å². The van der Waals surface area contributed by atoms with Crippen LogP contribution >= 0.6 is 0 Å². The van der Waals surface area contributed by atoms with Crippen molar-refractivity contribution < 1.29 is 40.2 Å². The number of rotatable bonds is 12. The molecule has 1 heterocycles. The van der Waals surface area contributed by atoms with E-state index < -0.39 is 50.1 Å². The zero-order valence-electron chi connectivity index (χ0n) is 25.6. The zero-order chi connectivity index (χ0) is 32.2. The van der Waals surface area contributed by atoms with E-state index in [1.54, 1.807) is 12.1 Å². The molecule has 2 amide bonds. The van der Waals surface area contributed by atoms with Gasteiger partial charge in [0.15, 0.2) is 0 Å². The first kappa shape index (κ1) is 35.2. The highest BCUT2D eigenvalue weighted by molar-refractivity contribution is 5.95. The number of carbonyl (C=O) groups is 2. The van der Waals surface area contributed by atoms with Crippen LogP contribution in [0.2, 0.25) is 0 Å². The highest BCUT2D eigenvalue weighted by Crippen LogP contribution is 2.32. The molecule has 2 aromatic carbocycles. The van der Waals surface area contributed by atoms with Crippen molar-refractivity contribution in [2.75, 3.05) is 76.3 Å². The molecule has 0 radical (unpaired) electrons. The van der Waals surface area contributed by atoms with Gasteiger partial charge in [-0.15, -0.1) is 0 Å². The predicted octanol–water partition coefficient (Wildman–Crippen LogP) is 0.0907. The molecule has 13 nitrogen and oxygen atoms in total. The van der Waals surface area contributed by atoms with Crippen molar-refractivity contribution in [2.24, 2.45) is 11.8 Å². The number of nitrogens with one attached hydrogen (secondary N) is 3. The number of hydrogen-bond acceptors (Lipinski definition) is 11. The number of phenolic OH excluding ortho intramolecular Hbond substituents is 2. The average Bonchev–Trinajstić information content (AvgIpc) is 2.99. The van der Waals surface area contributed by atoms with Gasteiger partial charge in [-0.25, -0.2) is 0 Å². The second-order valence-corrected chi connectivity index (χ2v) is 11.4. The molecular weight excluding hydrogens is 570 g/mol. The number of aromatic hydroxyl groups is 2. The van der Waals surface area contributed by atoms with Gasteiger partial charge in [0.2, 0.25) is 11.8 Å². The fourth-order valence-electron chi connectivity index (χ4n) is 5.15. The topological polar surface area (TPSA) is 198 Å². The van der Waals surface area contributed by atoms with Crippen molar-refractivity contribution in [2.45, 2.75) is 33.4 Å². The number of nitrogens with zero attached hydrogens (tertiary/aromatic N) is 2. The lowest BCUT2D eigenvalue weighted by molar-refractivity contribution is -0.123. The van der Waals surface area contributed by atoms with E-state index in [0.717, 1.165) is 37.2 Å². The highest BCUT2D eigenvalue weighted by atomic mass is 16.3. The van der Waals surface area contributed by atoms with Crippen molar-refractivity contribution in [1.82, 2.24) is 15.1 Å². The maximum atomic E-state index is 12.4. The molecule has 1 saturated heterocycles. The van der Waals surface area contributed by atoms with Crippen LogP contribution in [0.1, 0.15) is 28.7 Å². The highest BCUT2D eigenvalue weighted by Gasteiger charge is 2.22. The third-order valence-electron chi connectivity index (χ3n) is 7.76. The maximum absolute atomic E-state index is 12.4. The van der Waals surface area contributed by atoms with Gasteiger partial charge >= 0.3 is 0 Å². The van der Waals surface area contributed by atoms with E-state index in [1.807, 2.05) is 26.0 Å². The predicted molar refractivity (Wildman–Crippen MR) is 166 cm³/mol. The molecule has 0 atom stereocenters. The molecule has 0 spiro atoms. The van der Waals surface area contributed by atoms with Gasteiger partial charge in [-0.05, 0) is 56.6 Å².